The quantitative estimate of drug-likeness (QED) is 0.649. The molecule has 0 aromatic carbocycles. The smallest absolute Gasteiger partial charge is 0.0656 e. The van der Waals surface area contributed by atoms with Crippen molar-refractivity contribution in [2.45, 2.75) is 25.9 Å². The number of hydrogen-bond donors (Lipinski definition) is 1. The molecule has 0 spiro atoms. The SMILES string of the molecule is CCC(C)(N)N1CCN(C)CC1. The molecule has 0 amide bonds. The molecule has 1 aliphatic heterocycles. The van der Waals surface area contributed by atoms with E-state index >= 15 is 0 Å². The van der Waals surface area contributed by atoms with Gasteiger partial charge in [-0.25, -0.2) is 0 Å². The minimum Gasteiger partial charge on any atom is -0.313 e. The second-order valence-electron chi connectivity index (χ2n) is 4.00. The Morgan fingerprint density at radius 2 is 1.75 bits per heavy atom. The summed E-state index contributed by atoms with van der Waals surface area (Å²) in [4.78, 5) is 4.73. The van der Waals surface area contributed by atoms with Gasteiger partial charge in [-0.2, -0.15) is 0 Å². The standard InChI is InChI=1S/C9H21N3/c1-4-9(2,10)12-7-5-11(3)6-8-12/h4-8,10H2,1-3H3. The second-order valence-corrected chi connectivity index (χ2v) is 4.00. The molecule has 2 N–H and O–H groups in total. The second kappa shape index (κ2) is 3.73. The van der Waals surface area contributed by atoms with Crippen LogP contribution >= 0.6 is 0 Å². The maximum absolute atomic E-state index is 6.14. The van der Waals surface area contributed by atoms with Crippen molar-refractivity contribution >= 4 is 0 Å². The van der Waals surface area contributed by atoms with Gasteiger partial charge in [0.1, 0.15) is 0 Å². The topological polar surface area (TPSA) is 32.5 Å². The van der Waals surface area contributed by atoms with Crippen LogP contribution < -0.4 is 5.73 Å². The van der Waals surface area contributed by atoms with Gasteiger partial charge in [-0.1, -0.05) is 6.92 Å². The van der Waals surface area contributed by atoms with Crippen molar-refractivity contribution in [2.24, 2.45) is 5.73 Å². The molecule has 1 rings (SSSR count). The molecular formula is C9H21N3. The fourth-order valence-corrected chi connectivity index (χ4v) is 1.54. The fraction of sp³-hybridized carbons (Fsp3) is 1.00. The zero-order chi connectivity index (χ0) is 9.19. The van der Waals surface area contributed by atoms with Crippen LogP contribution in [-0.2, 0) is 0 Å². The van der Waals surface area contributed by atoms with Gasteiger partial charge in [0.2, 0.25) is 0 Å². The highest BCUT2D eigenvalue weighted by Gasteiger charge is 2.27. The van der Waals surface area contributed by atoms with Crippen LogP contribution in [0.2, 0.25) is 0 Å². The molecule has 0 aromatic rings. The van der Waals surface area contributed by atoms with Gasteiger partial charge >= 0.3 is 0 Å². The number of rotatable bonds is 2. The van der Waals surface area contributed by atoms with Gasteiger partial charge in [0.25, 0.3) is 0 Å². The maximum atomic E-state index is 6.14. The lowest BCUT2D eigenvalue weighted by Crippen LogP contribution is -2.59. The Morgan fingerprint density at radius 1 is 1.25 bits per heavy atom. The Morgan fingerprint density at radius 3 is 2.17 bits per heavy atom. The molecule has 1 fully saturated rings. The number of nitrogens with two attached hydrogens (primary N) is 1. The van der Waals surface area contributed by atoms with Gasteiger partial charge in [0, 0.05) is 26.2 Å². The minimum absolute atomic E-state index is 0.0960. The summed E-state index contributed by atoms with van der Waals surface area (Å²) in [6, 6.07) is 0. The summed E-state index contributed by atoms with van der Waals surface area (Å²) in [7, 11) is 2.16. The predicted octanol–water partition coefficient (Wildman–Crippen LogP) is 0.319. The zero-order valence-corrected chi connectivity index (χ0v) is 8.51. The maximum Gasteiger partial charge on any atom is 0.0656 e. The monoisotopic (exact) mass is 171 g/mol. The lowest BCUT2D eigenvalue weighted by atomic mass is 10.1. The third-order valence-corrected chi connectivity index (χ3v) is 2.94. The third-order valence-electron chi connectivity index (χ3n) is 2.94. The third kappa shape index (κ3) is 2.19. The number of nitrogens with zero attached hydrogens (tertiary/aromatic N) is 2. The van der Waals surface area contributed by atoms with Crippen molar-refractivity contribution in [1.29, 1.82) is 0 Å². The molecule has 1 aliphatic rings. The molecule has 1 saturated heterocycles. The molecule has 72 valence electrons. The van der Waals surface area contributed by atoms with E-state index in [0.717, 1.165) is 32.6 Å². The molecule has 1 unspecified atom stereocenters. The van der Waals surface area contributed by atoms with Gasteiger partial charge in [-0.15, -0.1) is 0 Å². The van der Waals surface area contributed by atoms with Crippen LogP contribution in [0.1, 0.15) is 20.3 Å². The molecule has 0 saturated carbocycles. The first-order valence-electron chi connectivity index (χ1n) is 4.79. The summed E-state index contributed by atoms with van der Waals surface area (Å²) >= 11 is 0. The van der Waals surface area contributed by atoms with Gasteiger partial charge in [-0.05, 0) is 20.4 Å². The van der Waals surface area contributed by atoms with E-state index in [0.29, 0.717) is 0 Å². The van der Waals surface area contributed by atoms with E-state index in [-0.39, 0.29) is 5.66 Å². The molecule has 1 atom stereocenters. The summed E-state index contributed by atoms with van der Waals surface area (Å²) in [5.41, 5.74) is 6.05. The molecule has 0 radical (unpaired) electrons. The van der Waals surface area contributed by atoms with Crippen molar-refractivity contribution in [3.8, 4) is 0 Å². The van der Waals surface area contributed by atoms with E-state index in [1.807, 2.05) is 0 Å². The van der Waals surface area contributed by atoms with Gasteiger partial charge < -0.3 is 10.6 Å². The molecule has 1 heterocycles. The van der Waals surface area contributed by atoms with Crippen molar-refractivity contribution < 1.29 is 0 Å². The number of hydrogen-bond acceptors (Lipinski definition) is 3. The van der Waals surface area contributed by atoms with E-state index in [2.05, 4.69) is 30.7 Å². The lowest BCUT2D eigenvalue weighted by molar-refractivity contribution is 0.0520. The van der Waals surface area contributed by atoms with Gasteiger partial charge in [0.15, 0.2) is 0 Å². The Labute approximate surface area is 75.5 Å². The molecule has 3 nitrogen and oxygen atoms in total. The highest BCUT2D eigenvalue weighted by atomic mass is 15.3. The lowest BCUT2D eigenvalue weighted by Gasteiger charge is -2.42. The van der Waals surface area contributed by atoms with Gasteiger partial charge in [0.05, 0.1) is 5.66 Å². The van der Waals surface area contributed by atoms with E-state index in [1.54, 1.807) is 0 Å². The van der Waals surface area contributed by atoms with Crippen LogP contribution in [0.15, 0.2) is 0 Å². The Balaban J connectivity index is 2.44. The molecule has 3 heteroatoms. The first-order valence-corrected chi connectivity index (χ1v) is 4.79. The van der Waals surface area contributed by atoms with Crippen LogP contribution in [0, 0.1) is 0 Å². The first-order chi connectivity index (χ1) is 5.56. The summed E-state index contributed by atoms with van der Waals surface area (Å²) in [5, 5.41) is 0. The zero-order valence-electron chi connectivity index (χ0n) is 8.51. The van der Waals surface area contributed by atoms with Crippen LogP contribution in [0.5, 0.6) is 0 Å². The van der Waals surface area contributed by atoms with E-state index in [1.165, 1.54) is 0 Å². The van der Waals surface area contributed by atoms with Crippen LogP contribution in [0.4, 0.5) is 0 Å². The first kappa shape index (κ1) is 9.96. The number of piperazine rings is 1. The van der Waals surface area contributed by atoms with Crippen molar-refractivity contribution in [3.63, 3.8) is 0 Å². The van der Waals surface area contributed by atoms with Crippen LogP contribution in [-0.4, -0.2) is 48.7 Å². The van der Waals surface area contributed by atoms with E-state index in [4.69, 9.17) is 5.73 Å². The highest BCUT2D eigenvalue weighted by molar-refractivity contribution is 4.82. The normalized spacial score (nSPS) is 27.0. The Bertz CT molecular complexity index is 137. The van der Waals surface area contributed by atoms with E-state index < -0.39 is 0 Å². The Hall–Kier alpha value is -0.120. The van der Waals surface area contributed by atoms with Crippen LogP contribution in [0.3, 0.4) is 0 Å². The minimum atomic E-state index is -0.0960. The van der Waals surface area contributed by atoms with Crippen LogP contribution in [0.25, 0.3) is 0 Å². The highest BCUT2D eigenvalue weighted by Crippen LogP contribution is 2.14. The summed E-state index contributed by atoms with van der Waals surface area (Å²) in [6.45, 7) is 8.78. The molecule has 12 heavy (non-hydrogen) atoms. The van der Waals surface area contributed by atoms with Crippen molar-refractivity contribution in [1.82, 2.24) is 9.80 Å². The molecule has 0 aromatic heterocycles. The van der Waals surface area contributed by atoms with Gasteiger partial charge in [-0.3, -0.25) is 4.90 Å². The van der Waals surface area contributed by atoms with Crippen molar-refractivity contribution in [2.75, 3.05) is 33.2 Å². The molecular weight excluding hydrogens is 150 g/mol. The fourth-order valence-electron chi connectivity index (χ4n) is 1.54. The van der Waals surface area contributed by atoms with Crippen molar-refractivity contribution in [3.05, 3.63) is 0 Å². The predicted molar refractivity (Wildman–Crippen MR) is 52.0 cm³/mol. The molecule has 0 aliphatic carbocycles. The largest absolute Gasteiger partial charge is 0.313 e. The average molecular weight is 171 g/mol. The van der Waals surface area contributed by atoms with E-state index in [9.17, 15) is 0 Å². The number of likely N-dealkylation sites (N-methyl/N-ethyl adjacent to an activating group) is 1. The molecule has 0 bridgehead atoms. The Kier molecular flexibility index (Phi) is 3.09. The summed E-state index contributed by atoms with van der Waals surface area (Å²) < 4.78 is 0. The summed E-state index contributed by atoms with van der Waals surface area (Å²) in [5.74, 6) is 0. The summed E-state index contributed by atoms with van der Waals surface area (Å²) in [6.07, 6.45) is 1.02. The average Bonchev–Trinajstić information content (AvgIpc) is 2.05.